The summed E-state index contributed by atoms with van der Waals surface area (Å²) in [5.74, 6) is 2.62. The van der Waals surface area contributed by atoms with Gasteiger partial charge in [0.05, 0.1) is 17.3 Å². The van der Waals surface area contributed by atoms with Gasteiger partial charge in [-0.25, -0.2) is 19.3 Å². The number of hydrogen-bond acceptors (Lipinski definition) is 5. The summed E-state index contributed by atoms with van der Waals surface area (Å²) < 4.78 is 1.51. The molecule has 206 valence electrons. The van der Waals surface area contributed by atoms with E-state index in [2.05, 4.69) is 63.9 Å². The molecule has 1 aliphatic rings. The highest BCUT2D eigenvalue weighted by atomic mass is 16.3. The largest absolute Gasteiger partial charge is 0.389 e. The molecule has 2 aromatic carbocycles. The van der Waals surface area contributed by atoms with E-state index in [0.717, 1.165) is 52.5 Å². The first kappa shape index (κ1) is 26.7. The van der Waals surface area contributed by atoms with Crippen LogP contribution in [0.3, 0.4) is 0 Å². The second-order valence-corrected chi connectivity index (χ2v) is 10.7. The van der Waals surface area contributed by atoms with Crippen molar-refractivity contribution in [2.45, 2.75) is 50.2 Å². The van der Waals surface area contributed by atoms with Crippen LogP contribution in [-0.2, 0) is 5.54 Å². The SMILES string of the molecule is C#CCCCC(O)/C=C/CNC1(c2ccc(-c3nc4ccn5c(=O)[nH]nc5c4cc3-c3ccccc3)cc2)CCC1. The van der Waals surface area contributed by atoms with E-state index >= 15 is 0 Å². The number of hydrogen-bond donors (Lipinski definition) is 3. The molecule has 0 spiro atoms. The number of aromatic amines is 1. The van der Waals surface area contributed by atoms with Crippen LogP contribution in [0.5, 0.6) is 0 Å². The fourth-order valence-electron chi connectivity index (χ4n) is 5.70. The van der Waals surface area contributed by atoms with Crippen molar-refractivity contribution in [2.24, 2.45) is 0 Å². The Morgan fingerprint density at radius 2 is 1.93 bits per heavy atom. The molecular formula is C34H33N5O2. The van der Waals surface area contributed by atoms with Gasteiger partial charge in [-0.2, -0.15) is 5.10 Å². The van der Waals surface area contributed by atoms with Gasteiger partial charge in [0, 0.05) is 41.2 Å². The van der Waals surface area contributed by atoms with Crippen LogP contribution >= 0.6 is 0 Å². The van der Waals surface area contributed by atoms with Crippen LogP contribution in [0.15, 0.2) is 89.9 Å². The number of H-pyrrole nitrogens is 1. The van der Waals surface area contributed by atoms with Crippen LogP contribution in [0, 0.1) is 12.3 Å². The zero-order valence-electron chi connectivity index (χ0n) is 22.9. The van der Waals surface area contributed by atoms with Crippen molar-refractivity contribution in [3.63, 3.8) is 0 Å². The minimum atomic E-state index is -0.458. The van der Waals surface area contributed by atoms with E-state index in [0.29, 0.717) is 25.0 Å². The second-order valence-electron chi connectivity index (χ2n) is 10.7. The molecule has 3 N–H and O–H groups in total. The average Bonchev–Trinajstić information content (AvgIpc) is 3.37. The number of nitrogens with one attached hydrogen (secondary N) is 2. The highest BCUT2D eigenvalue weighted by Crippen LogP contribution is 2.42. The number of aromatic nitrogens is 4. The van der Waals surface area contributed by atoms with Crippen molar-refractivity contribution < 1.29 is 5.11 Å². The van der Waals surface area contributed by atoms with Gasteiger partial charge in [0.2, 0.25) is 0 Å². The summed E-state index contributed by atoms with van der Waals surface area (Å²) in [6.45, 7) is 0.698. The minimum absolute atomic E-state index is 0.0603. The van der Waals surface area contributed by atoms with Crippen LogP contribution in [0.25, 0.3) is 38.9 Å². The Labute approximate surface area is 239 Å². The van der Waals surface area contributed by atoms with Gasteiger partial charge in [0.25, 0.3) is 0 Å². The van der Waals surface area contributed by atoms with E-state index in [1.807, 2.05) is 36.4 Å². The van der Waals surface area contributed by atoms with Gasteiger partial charge >= 0.3 is 5.69 Å². The molecule has 6 rings (SSSR count). The second kappa shape index (κ2) is 11.5. The number of aliphatic hydroxyl groups excluding tert-OH is 1. The lowest BCUT2D eigenvalue weighted by Crippen LogP contribution is -2.48. The summed E-state index contributed by atoms with van der Waals surface area (Å²) >= 11 is 0. The van der Waals surface area contributed by atoms with Gasteiger partial charge in [-0.1, -0.05) is 66.7 Å². The normalized spacial score (nSPS) is 15.2. The Kier molecular flexibility index (Phi) is 7.51. The zero-order valence-corrected chi connectivity index (χ0v) is 22.9. The number of aliphatic hydroxyl groups is 1. The Morgan fingerprint density at radius 3 is 2.66 bits per heavy atom. The van der Waals surface area contributed by atoms with Crippen molar-refractivity contribution in [1.29, 1.82) is 0 Å². The summed E-state index contributed by atoms with van der Waals surface area (Å²) in [5.41, 5.74) is 6.21. The molecule has 0 amide bonds. The fourth-order valence-corrected chi connectivity index (χ4v) is 5.70. The van der Waals surface area contributed by atoms with Crippen molar-refractivity contribution in [3.8, 4) is 34.7 Å². The summed E-state index contributed by atoms with van der Waals surface area (Å²) in [5, 5.41) is 21.5. The Bertz CT molecular complexity index is 1790. The van der Waals surface area contributed by atoms with Gasteiger partial charge in [-0.3, -0.25) is 0 Å². The molecule has 7 nitrogen and oxygen atoms in total. The maximum absolute atomic E-state index is 12.2. The van der Waals surface area contributed by atoms with E-state index in [-0.39, 0.29) is 11.2 Å². The number of fused-ring (bicyclic) bond motifs is 3. The molecule has 41 heavy (non-hydrogen) atoms. The monoisotopic (exact) mass is 543 g/mol. The minimum Gasteiger partial charge on any atom is -0.389 e. The maximum atomic E-state index is 12.2. The first-order valence-electron chi connectivity index (χ1n) is 14.2. The van der Waals surface area contributed by atoms with Crippen molar-refractivity contribution in [2.75, 3.05) is 6.54 Å². The third-order valence-electron chi connectivity index (χ3n) is 8.12. The summed E-state index contributed by atoms with van der Waals surface area (Å²) in [7, 11) is 0. The molecule has 0 radical (unpaired) electrons. The molecule has 0 bridgehead atoms. The fraction of sp³-hybridized carbons (Fsp3) is 0.265. The first-order chi connectivity index (χ1) is 20.1. The Balaban J connectivity index is 1.29. The van der Waals surface area contributed by atoms with Crippen LogP contribution in [0.4, 0.5) is 0 Å². The maximum Gasteiger partial charge on any atom is 0.347 e. The van der Waals surface area contributed by atoms with Gasteiger partial charge in [0.1, 0.15) is 0 Å². The molecular weight excluding hydrogens is 510 g/mol. The van der Waals surface area contributed by atoms with E-state index in [9.17, 15) is 9.90 Å². The molecule has 0 saturated heterocycles. The van der Waals surface area contributed by atoms with Crippen LogP contribution in [-0.4, -0.2) is 37.3 Å². The molecule has 1 unspecified atom stereocenters. The Hall–Kier alpha value is -4.51. The predicted molar refractivity (Wildman–Crippen MR) is 163 cm³/mol. The molecule has 0 aliphatic heterocycles. The number of unbranched alkanes of at least 4 members (excludes halogenated alkanes) is 1. The molecule has 5 aromatic rings. The van der Waals surface area contributed by atoms with Gasteiger partial charge in [-0.15, -0.1) is 12.3 Å². The highest BCUT2D eigenvalue weighted by molar-refractivity contribution is 5.98. The number of benzene rings is 2. The van der Waals surface area contributed by atoms with E-state index < -0.39 is 6.10 Å². The lowest BCUT2D eigenvalue weighted by Gasteiger charge is -2.43. The molecule has 3 heterocycles. The lowest BCUT2D eigenvalue weighted by atomic mass is 9.71. The zero-order chi connectivity index (χ0) is 28.2. The molecule has 1 fully saturated rings. The topological polar surface area (TPSA) is 95.3 Å². The molecule has 1 saturated carbocycles. The number of rotatable bonds is 10. The standard InChI is InChI=1S/C34H33N5O2/c1-2-3-5-12-27(40)13-8-21-35-34(19-9-20-34)26-16-14-25(15-17-26)31-28(24-10-6-4-7-11-24)23-29-30(36-31)18-22-39-32(29)37-38-33(39)41/h1,4,6-8,10-11,13-18,22-23,27,35,40H,3,5,9,12,19-21H2,(H,38,41)/b13-8+. The smallest absolute Gasteiger partial charge is 0.347 e. The number of nitrogens with zero attached hydrogens (tertiary/aromatic N) is 3. The number of terminal acetylenes is 1. The van der Waals surface area contributed by atoms with Gasteiger partial charge in [0.15, 0.2) is 5.65 Å². The molecule has 3 aromatic heterocycles. The van der Waals surface area contributed by atoms with E-state index in [4.69, 9.17) is 11.4 Å². The van der Waals surface area contributed by atoms with Crippen molar-refractivity contribution >= 4 is 16.6 Å². The van der Waals surface area contributed by atoms with Gasteiger partial charge < -0.3 is 10.4 Å². The van der Waals surface area contributed by atoms with Crippen molar-refractivity contribution in [1.82, 2.24) is 24.9 Å². The Morgan fingerprint density at radius 1 is 1.12 bits per heavy atom. The van der Waals surface area contributed by atoms with Crippen LogP contribution in [0.1, 0.15) is 44.1 Å². The average molecular weight is 544 g/mol. The summed E-state index contributed by atoms with van der Waals surface area (Å²) in [6.07, 6.45) is 16.0. The predicted octanol–water partition coefficient (Wildman–Crippen LogP) is 5.59. The van der Waals surface area contributed by atoms with E-state index in [1.165, 1.54) is 16.4 Å². The van der Waals surface area contributed by atoms with Crippen LogP contribution in [0.2, 0.25) is 0 Å². The van der Waals surface area contributed by atoms with Crippen molar-refractivity contribution in [3.05, 3.63) is 101 Å². The third kappa shape index (κ3) is 5.32. The molecule has 1 aliphatic carbocycles. The third-order valence-corrected chi connectivity index (χ3v) is 8.12. The lowest BCUT2D eigenvalue weighted by molar-refractivity contribution is 0.192. The van der Waals surface area contributed by atoms with Gasteiger partial charge in [-0.05, 0) is 55.4 Å². The number of pyridine rings is 2. The molecule has 1 atom stereocenters. The summed E-state index contributed by atoms with van der Waals surface area (Å²) in [6, 6.07) is 22.8. The van der Waals surface area contributed by atoms with Crippen LogP contribution < -0.4 is 11.0 Å². The van der Waals surface area contributed by atoms with E-state index in [1.54, 1.807) is 6.20 Å². The highest BCUT2D eigenvalue weighted by Gasteiger charge is 2.37. The first-order valence-corrected chi connectivity index (χ1v) is 14.2. The quantitative estimate of drug-likeness (QED) is 0.121. The molecule has 7 heteroatoms. The summed E-state index contributed by atoms with van der Waals surface area (Å²) in [4.78, 5) is 17.3.